The van der Waals surface area contributed by atoms with Crippen LogP contribution in [0.5, 0.6) is 0 Å². The van der Waals surface area contributed by atoms with E-state index < -0.39 is 0 Å². The van der Waals surface area contributed by atoms with Crippen molar-refractivity contribution in [1.29, 1.82) is 0 Å². The molecule has 2 N–H and O–H groups in total. The van der Waals surface area contributed by atoms with Gasteiger partial charge < -0.3 is 19.9 Å². The summed E-state index contributed by atoms with van der Waals surface area (Å²) in [5, 5.41) is 12.6. The third-order valence-electron chi connectivity index (χ3n) is 3.67. The second-order valence-corrected chi connectivity index (χ2v) is 6.41. The van der Waals surface area contributed by atoms with Gasteiger partial charge in [-0.2, -0.15) is 0 Å². The van der Waals surface area contributed by atoms with Crippen LogP contribution in [0.2, 0.25) is 0 Å². The van der Waals surface area contributed by atoms with Gasteiger partial charge in [0.1, 0.15) is 0 Å². The molecule has 0 aliphatic heterocycles. The third kappa shape index (κ3) is 4.84. The lowest BCUT2D eigenvalue weighted by atomic mass is 10.1. The van der Waals surface area contributed by atoms with Crippen LogP contribution in [0.25, 0.3) is 0 Å². The maximum Gasteiger partial charge on any atom is 0.194 e. The lowest BCUT2D eigenvalue weighted by Gasteiger charge is -2.22. The Hall–Kier alpha value is -1.79. The van der Waals surface area contributed by atoms with Gasteiger partial charge in [0.25, 0.3) is 0 Å². The van der Waals surface area contributed by atoms with E-state index >= 15 is 0 Å². The maximum absolute atomic E-state index is 9.21. The summed E-state index contributed by atoms with van der Waals surface area (Å²) in [7, 11) is 5.83. The van der Waals surface area contributed by atoms with Gasteiger partial charge in [0, 0.05) is 44.1 Å². The smallest absolute Gasteiger partial charge is 0.194 e. The molecule has 5 nitrogen and oxygen atoms in total. The first-order valence-corrected chi connectivity index (χ1v) is 8.24. The Balaban J connectivity index is 1.97. The van der Waals surface area contributed by atoms with Gasteiger partial charge in [-0.15, -0.1) is 0 Å². The molecule has 6 heteroatoms. The molecular formula is C17H23BrN4O. The predicted octanol–water partition coefficient (Wildman–Crippen LogP) is 2.49. The van der Waals surface area contributed by atoms with E-state index in [1.54, 1.807) is 7.05 Å². The van der Waals surface area contributed by atoms with Crippen molar-refractivity contribution < 1.29 is 5.11 Å². The maximum atomic E-state index is 9.21. The number of benzene rings is 1. The van der Waals surface area contributed by atoms with Crippen molar-refractivity contribution in [3.63, 3.8) is 0 Å². The van der Waals surface area contributed by atoms with Crippen LogP contribution < -0.4 is 5.32 Å². The molecular weight excluding hydrogens is 356 g/mol. The van der Waals surface area contributed by atoms with E-state index in [0.717, 1.165) is 28.1 Å². The SMILES string of the molecule is CN=C(NCc1cccc(CO)c1)N(C)Cc1cc(Br)cn1C. The van der Waals surface area contributed by atoms with Crippen molar-refractivity contribution in [2.24, 2.45) is 12.0 Å². The topological polar surface area (TPSA) is 52.8 Å². The standard InChI is InChI=1S/C17H23BrN4O/c1-19-17(20-9-13-5-4-6-14(7-13)12-23)22(3)11-16-8-15(18)10-21(16)2/h4-8,10,23H,9,11-12H2,1-3H3,(H,19,20). The fourth-order valence-corrected chi connectivity index (χ4v) is 3.02. The first kappa shape index (κ1) is 17.6. The van der Waals surface area contributed by atoms with E-state index in [9.17, 15) is 5.11 Å². The number of guanidine groups is 1. The lowest BCUT2D eigenvalue weighted by Crippen LogP contribution is -2.38. The van der Waals surface area contributed by atoms with E-state index in [0.29, 0.717) is 6.54 Å². The van der Waals surface area contributed by atoms with Gasteiger partial charge in [-0.25, -0.2) is 0 Å². The van der Waals surface area contributed by atoms with Crippen LogP contribution in [0.3, 0.4) is 0 Å². The molecule has 1 aromatic heterocycles. The molecule has 0 unspecified atom stereocenters. The second-order valence-electron chi connectivity index (χ2n) is 5.50. The number of nitrogens with zero attached hydrogens (tertiary/aromatic N) is 3. The molecule has 1 heterocycles. The number of aryl methyl sites for hydroxylation is 1. The second kappa shape index (κ2) is 8.17. The van der Waals surface area contributed by atoms with Crippen molar-refractivity contribution in [1.82, 2.24) is 14.8 Å². The summed E-state index contributed by atoms with van der Waals surface area (Å²) in [4.78, 5) is 6.42. The number of aliphatic imine (C=N–C) groups is 1. The highest BCUT2D eigenvalue weighted by molar-refractivity contribution is 9.10. The number of hydrogen-bond acceptors (Lipinski definition) is 2. The first-order chi connectivity index (χ1) is 11.0. The number of aliphatic hydroxyl groups is 1. The summed E-state index contributed by atoms with van der Waals surface area (Å²) in [6.07, 6.45) is 2.04. The monoisotopic (exact) mass is 378 g/mol. The van der Waals surface area contributed by atoms with Gasteiger partial charge in [-0.3, -0.25) is 4.99 Å². The zero-order valence-electron chi connectivity index (χ0n) is 13.8. The van der Waals surface area contributed by atoms with Gasteiger partial charge in [-0.1, -0.05) is 24.3 Å². The Bertz CT molecular complexity index is 681. The number of halogens is 1. The zero-order valence-corrected chi connectivity index (χ0v) is 15.3. The highest BCUT2D eigenvalue weighted by atomic mass is 79.9. The molecule has 0 saturated carbocycles. The Morgan fingerprint density at radius 3 is 2.70 bits per heavy atom. The number of aliphatic hydroxyl groups excluding tert-OH is 1. The van der Waals surface area contributed by atoms with Gasteiger partial charge >= 0.3 is 0 Å². The Labute approximate surface area is 145 Å². The van der Waals surface area contributed by atoms with E-state index in [4.69, 9.17) is 0 Å². The largest absolute Gasteiger partial charge is 0.392 e. The van der Waals surface area contributed by atoms with Crippen LogP contribution in [0.1, 0.15) is 16.8 Å². The fraction of sp³-hybridized carbons (Fsp3) is 0.353. The highest BCUT2D eigenvalue weighted by Gasteiger charge is 2.09. The highest BCUT2D eigenvalue weighted by Crippen LogP contribution is 2.15. The minimum atomic E-state index is 0.0604. The van der Waals surface area contributed by atoms with Crippen molar-refractivity contribution in [2.45, 2.75) is 19.7 Å². The summed E-state index contributed by atoms with van der Waals surface area (Å²) in [6, 6.07) is 10.0. The molecule has 0 aliphatic rings. The van der Waals surface area contributed by atoms with Crippen molar-refractivity contribution >= 4 is 21.9 Å². The summed E-state index contributed by atoms with van der Waals surface area (Å²) in [6.45, 7) is 1.49. The predicted molar refractivity (Wildman–Crippen MR) is 97.1 cm³/mol. The molecule has 0 amide bonds. The van der Waals surface area contributed by atoms with Crippen LogP contribution in [-0.4, -0.2) is 34.6 Å². The normalized spacial score (nSPS) is 11.6. The van der Waals surface area contributed by atoms with Crippen LogP contribution in [0, 0.1) is 0 Å². The molecule has 2 aromatic rings. The first-order valence-electron chi connectivity index (χ1n) is 7.44. The zero-order chi connectivity index (χ0) is 16.8. The Kier molecular flexibility index (Phi) is 6.24. The molecule has 2 rings (SSSR count). The van der Waals surface area contributed by atoms with Crippen LogP contribution in [0.15, 0.2) is 46.0 Å². The number of nitrogens with one attached hydrogen (secondary N) is 1. The van der Waals surface area contributed by atoms with E-state index in [-0.39, 0.29) is 6.61 Å². The van der Waals surface area contributed by atoms with Crippen LogP contribution in [0.4, 0.5) is 0 Å². The molecule has 0 spiro atoms. The fourth-order valence-electron chi connectivity index (χ4n) is 2.45. The van der Waals surface area contributed by atoms with Crippen molar-refractivity contribution in [3.05, 3.63) is 57.8 Å². The quantitative estimate of drug-likeness (QED) is 0.620. The van der Waals surface area contributed by atoms with Crippen molar-refractivity contribution in [2.75, 3.05) is 14.1 Å². The van der Waals surface area contributed by atoms with Crippen LogP contribution >= 0.6 is 15.9 Å². The van der Waals surface area contributed by atoms with Gasteiger partial charge in [0.15, 0.2) is 5.96 Å². The number of hydrogen-bond donors (Lipinski definition) is 2. The van der Waals surface area contributed by atoms with Crippen molar-refractivity contribution in [3.8, 4) is 0 Å². The van der Waals surface area contributed by atoms with E-state index in [1.165, 1.54) is 5.69 Å². The molecule has 0 atom stereocenters. The van der Waals surface area contributed by atoms with E-state index in [1.807, 2.05) is 44.6 Å². The van der Waals surface area contributed by atoms with Gasteiger partial charge in [0.2, 0.25) is 0 Å². The molecule has 1 aromatic carbocycles. The molecule has 0 aliphatic carbocycles. The molecule has 0 saturated heterocycles. The van der Waals surface area contributed by atoms with E-state index in [2.05, 4.69) is 41.8 Å². The van der Waals surface area contributed by atoms with Crippen LogP contribution in [-0.2, 0) is 26.7 Å². The summed E-state index contributed by atoms with van der Waals surface area (Å²) in [5.41, 5.74) is 3.23. The average Bonchev–Trinajstić information content (AvgIpc) is 2.85. The Morgan fingerprint density at radius 1 is 1.35 bits per heavy atom. The number of rotatable bonds is 5. The molecule has 0 radical (unpaired) electrons. The van der Waals surface area contributed by atoms with Gasteiger partial charge in [-0.05, 0) is 33.1 Å². The minimum absolute atomic E-state index is 0.0604. The van der Waals surface area contributed by atoms with Gasteiger partial charge in [0.05, 0.1) is 13.2 Å². The average molecular weight is 379 g/mol. The summed E-state index contributed by atoms with van der Waals surface area (Å²) < 4.78 is 3.17. The minimum Gasteiger partial charge on any atom is -0.392 e. The number of aromatic nitrogens is 1. The summed E-state index contributed by atoms with van der Waals surface area (Å²) in [5.74, 6) is 0.830. The lowest BCUT2D eigenvalue weighted by molar-refractivity contribution is 0.281. The molecule has 23 heavy (non-hydrogen) atoms. The third-order valence-corrected chi connectivity index (χ3v) is 4.11. The Morgan fingerprint density at radius 2 is 2.09 bits per heavy atom. The molecule has 124 valence electrons. The molecule has 0 fully saturated rings. The summed E-state index contributed by atoms with van der Waals surface area (Å²) >= 11 is 3.50. The molecule has 0 bridgehead atoms.